The maximum Gasteiger partial charge on any atom is 0.313 e. The number of unbranched alkanes of at least 4 members (excludes halogenated alkanes) is 1. The van der Waals surface area contributed by atoms with Crippen LogP contribution in [0.1, 0.15) is 19.8 Å². The third kappa shape index (κ3) is 4.41. The van der Waals surface area contributed by atoms with Crippen LogP contribution in [0.4, 0.5) is 10.5 Å². The van der Waals surface area contributed by atoms with Gasteiger partial charge in [0.1, 0.15) is 24.2 Å². The molecule has 3 aliphatic rings. The molecular formula is C26H35N6O2+. The molecule has 1 aromatic rings. The van der Waals surface area contributed by atoms with E-state index in [1.165, 1.54) is 0 Å². The number of allylic oxidation sites excluding steroid dienone is 2. The number of hydrogen-bond acceptors (Lipinski definition) is 5. The predicted molar refractivity (Wildman–Crippen MR) is 133 cm³/mol. The highest BCUT2D eigenvalue weighted by Crippen LogP contribution is 2.41. The summed E-state index contributed by atoms with van der Waals surface area (Å²) in [4.78, 5) is 16.6. The Hall–Kier alpha value is -3.28. The van der Waals surface area contributed by atoms with E-state index in [1.807, 2.05) is 37.3 Å². The van der Waals surface area contributed by atoms with Crippen LogP contribution < -0.4 is 20.7 Å². The first-order valence-corrected chi connectivity index (χ1v) is 12.0. The number of methoxy groups -OCH3 is 1. The fraction of sp³-hybridized carbons (Fsp3) is 0.462. The molecule has 8 nitrogen and oxygen atoms in total. The van der Waals surface area contributed by atoms with Crippen LogP contribution in [-0.2, 0) is 0 Å². The summed E-state index contributed by atoms with van der Waals surface area (Å²) < 4.78 is 6.06. The van der Waals surface area contributed by atoms with Gasteiger partial charge in [-0.2, -0.15) is 5.26 Å². The summed E-state index contributed by atoms with van der Waals surface area (Å²) in [6.45, 7) is 7.86. The average Bonchev–Trinajstić information content (AvgIpc) is 3.09. The van der Waals surface area contributed by atoms with E-state index < -0.39 is 11.6 Å². The van der Waals surface area contributed by atoms with Crippen LogP contribution in [0.3, 0.4) is 0 Å². The van der Waals surface area contributed by atoms with Crippen molar-refractivity contribution in [3.8, 4) is 11.8 Å². The van der Waals surface area contributed by atoms with Crippen molar-refractivity contribution in [1.82, 2.24) is 10.2 Å². The Balaban J connectivity index is 1.31. The number of carbonyl (C=O) groups excluding carboxylic acids is 1. The molecule has 3 atom stereocenters. The van der Waals surface area contributed by atoms with Gasteiger partial charge in [0.15, 0.2) is 6.04 Å². The van der Waals surface area contributed by atoms with Crippen molar-refractivity contribution in [3.63, 3.8) is 0 Å². The molecule has 0 saturated carbocycles. The lowest BCUT2D eigenvalue weighted by atomic mass is 9.85. The normalized spacial score (nSPS) is 28.2. The van der Waals surface area contributed by atoms with E-state index in [9.17, 15) is 10.1 Å². The van der Waals surface area contributed by atoms with Crippen molar-refractivity contribution in [3.05, 3.63) is 60.5 Å². The molecule has 2 amide bonds. The minimum Gasteiger partial charge on any atom is -0.495 e. The van der Waals surface area contributed by atoms with Crippen LogP contribution in [0.5, 0.6) is 5.75 Å². The van der Waals surface area contributed by atoms with Gasteiger partial charge in [-0.1, -0.05) is 18.2 Å². The molecule has 1 aromatic carbocycles. The van der Waals surface area contributed by atoms with Crippen LogP contribution >= 0.6 is 0 Å². The Labute approximate surface area is 202 Å². The number of nitriles is 1. The SMILES string of the molecule is COc1ccccc1N1CCN(CCCC[N+]23C=CC=CC2C(C#N)(NC(N)=O)C(C)=C3)CC1. The number of urea groups is 1. The highest BCUT2D eigenvalue weighted by molar-refractivity contribution is 5.74. The van der Waals surface area contributed by atoms with Gasteiger partial charge in [0.05, 0.1) is 19.3 Å². The number of anilines is 1. The van der Waals surface area contributed by atoms with Crippen LogP contribution in [-0.4, -0.2) is 73.4 Å². The molecule has 4 rings (SSSR count). The topological polar surface area (TPSA) is 94.6 Å². The van der Waals surface area contributed by atoms with Gasteiger partial charge in [-0.25, -0.2) is 4.79 Å². The van der Waals surface area contributed by atoms with Gasteiger partial charge >= 0.3 is 6.03 Å². The van der Waals surface area contributed by atoms with Crippen molar-refractivity contribution in [2.45, 2.75) is 31.3 Å². The molecule has 180 valence electrons. The van der Waals surface area contributed by atoms with Gasteiger partial charge in [-0.3, -0.25) is 9.38 Å². The van der Waals surface area contributed by atoms with Crippen LogP contribution in [0.15, 0.2) is 60.5 Å². The number of hydrogen-bond donors (Lipinski definition) is 2. The monoisotopic (exact) mass is 463 g/mol. The molecule has 8 heteroatoms. The van der Waals surface area contributed by atoms with E-state index in [0.29, 0.717) is 4.48 Å². The molecule has 0 aromatic heterocycles. The lowest BCUT2D eigenvalue weighted by molar-refractivity contribution is -0.845. The van der Waals surface area contributed by atoms with Gasteiger partial charge in [0, 0.05) is 31.8 Å². The van der Waals surface area contributed by atoms with E-state index in [2.05, 4.69) is 45.7 Å². The zero-order chi connectivity index (χ0) is 24.2. The first-order valence-electron chi connectivity index (χ1n) is 12.0. The average molecular weight is 464 g/mol. The number of primary amides is 1. The number of nitrogens with two attached hydrogens (primary N) is 1. The predicted octanol–water partition coefficient (Wildman–Crippen LogP) is 2.71. The highest BCUT2D eigenvalue weighted by Gasteiger charge is 2.58. The highest BCUT2D eigenvalue weighted by atomic mass is 16.5. The largest absolute Gasteiger partial charge is 0.495 e. The number of carbonyl (C=O) groups is 1. The first kappa shape index (κ1) is 23.9. The minimum atomic E-state index is -1.11. The molecule has 0 aliphatic carbocycles. The number of benzene rings is 1. The van der Waals surface area contributed by atoms with Crippen molar-refractivity contribution < 1.29 is 14.0 Å². The number of para-hydroxylation sites is 2. The number of nitrogens with zero attached hydrogens (tertiary/aromatic N) is 4. The lowest BCUT2D eigenvalue weighted by Crippen LogP contribution is -2.62. The summed E-state index contributed by atoms with van der Waals surface area (Å²) in [7, 11) is 1.72. The second kappa shape index (κ2) is 9.92. The van der Waals surface area contributed by atoms with Gasteiger partial charge in [0.2, 0.25) is 5.54 Å². The van der Waals surface area contributed by atoms with Crippen molar-refractivity contribution in [1.29, 1.82) is 5.26 Å². The number of piperazine rings is 1. The van der Waals surface area contributed by atoms with Crippen LogP contribution in [0.2, 0.25) is 0 Å². The Kier molecular flexibility index (Phi) is 6.96. The van der Waals surface area contributed by atoms with Crippen molar-refractivity contribution >= 4 is 11.7 Å². The second-order valence-electron chi connectivity index (χ2n) is 9.32. The summed E-state index contributed by atoms with van der Waals surface area (Å²) in [6, 6.07) is 9.66. The maximum absolute atomic E-state index is 11.7. The Morgan fingerprint density at radius 2 is 2.03 bits per heavy atom. The number of quaternary nitrogens is 1. The number of rotatable bonds is 8. The summed E-state index contributed by atoms with van der Waals surface area (Å²) >= 11 is 0. The van der Waals surface area contributed by atoms with Crippen LogP contribution in [0, 0.1) is 11.3 Å². The van der Waals surface area contributed by atoms with Crippen LogP contribution in [0.25, 0.3) is 0 Å². The van der Waals surface area contributed by atoms with Crippen molar-refractivity contribution in [2.24, 2.45) is 5.73 Å². The Morgan fingerprint density at radius 3 is 2.74 bits per heavy atom. The van der Waals surface area contributed by atoms with Gasteiger partial charge in [0.25, 0.3) is 0 Å². The summed E-state index contributed by atoms with van der Waals surface area (Å²) in [5.41, 5.74) is 6.33. The zero-order valence-electron chi connectivity index (χ0n) is 20.1. The Morgan fingerprint density at radius 1 is 1.26 bits per heavy atom. The number of nitrogens with one attached hydrogen (secondary N) is 1. The van der Waals surface area contributed by atoms with E-state index in [1.54, 1.807) is 7.11 Å². The molecular weight excluding hydrogens is 428 g/mol. The lowest BCUT2D eigenvalue weighted by Gasteiger charge is -2.40. The molecule has 1 saturated heterocycles. The molecule has 0 radical (unpaired) electrons. The molecule has 0 bridgehead atoms. The Bertz CT molecular complexity index is 1040. The van der Waals surface area contributed by atoms with Gasteiger partial charge in [-0.15, -0.1) is 0 Å². The summed E-state index contributed by atoms with van der Waals surface area (Å²) in [6.07, 6.45) is 12.3. The minimum absolute atomic E-state index is 0.209. The van der Waals surface area contributed by atoms with Crippen molar-refractivity contribution in [2.75, 3.05) is 51.3 Å². The molecule has 1 fully saturated rings. The fourth-order valence-electron chi connectivity index (χ4n) is 5.61. The molecule has 34 heavy (non-hydrogen) atoms. The van der Waals surface area contributed by atoms with Gasteiger partial charge in [-0.05, 0) is 50.6 Å². The summed E-state index contributed by atoms with van der Waals surface area (Å²) in [5, 5.41) is 12.8. The standard InChI is InChI=1S/C26H34N6O2/c1-21-19-32(17-7-5-11-24(32)26(21,20-27)29-25(28)33)18-8-6-12-30-13-15-31(16-14-30)22-9-3-4-10-23(22)34-2/h3-5,7,9-11,17,19,24H,6,8,12-16,18H2,1-2H3,(H2-,28,29,33)/p+1. The zero-order valence-corrected chi connectivity index (χ0v) is 20.1. The number of ether oxygens (including phenoxy) is 1. The number of amides is 2. The molecule has 3 heterocycles. The number of fused-ring (bicyclic) bond motifs is 1. The molecule has 3 aliphatic heterocycles. The van der Waals surface area contributed by atoms with E-state index >= 15 is 0 Å². The van der Waals surface area contributed by atoms with E-state index in [0.717, 1.165) is 69.1 Å². The maximum atomic E-state index is 11.7. The first-order chi connectivity index (χ1) is 16.4. The molecule has 0 spiro atoms. The van der Waals surface area contributed by atoms with Gasteiger partial charge < -0.3 is 20.7 Å². The third-order valence-electron chi connectivity index (χ3n) is 7.35. The second-order valence-corrected chi connectivity index (χ2v) is 9.32. The fourth-order valence-corrected chi connectivity index (χ4v) is 5.61. The van der Waals surface area contributed by atoms with E-state index in [4.69, 9.17) is 10.5 Å². The third-order valence-corrected chi connectivity index (χ3v) is 7.35. The van der Waals surface area contributed by atoms with E-state index in [-0.39, 0.29) is 6.04 Å². The molecule has 3 unspecified atom stereocenters. The quantitative estimate of drug-likeness (QED) is 0.457. The molecule has 3 N–H and O–H groups in total. The smallest absolute Gasteiger partial charge is 0.313 e. The summed E-state index contributed by atoms with van der Waals surface area (Å²) in [5.74, 6) is 0.927.